The zero-order valence-electron chi connectivity index (χ0n) is 21.9. The van der Waals surface area contributed by atoms with Crippen LogP contribution in [0, 0.1) is 25.7 Å². The summed E-state index contributed by atoms with van der Waals surface area (Å²) < 4.78 is 30.4. The molecular formula is C31H27F2N3O3. The second-order valence-corrected chi connectivity index (χ2v) is 9.10. The van der Waals surface area contributed by atoms with E-state index in [2.05, 4.69) is 22.5 Å². The van der Waals surface area contributed by atoms with E-state index in [9.17, 15) is 23.5 Å². The molecule has 4 aromatic rings. The minimum atomic E-state index is -3.12. The van der Waals surface area contributed by atoms with Crippen molar-refractivity contribution in [2.24, 2.45) is 0 Å². The van der Waals surface area contributed by atoms with Gasteiger partial charge < -0.3 is 20.3 Å². The third-order valence-corrected chi connectivity index (χ3v) is 6.24. The second kappa shape index (κ2) is 10.8. The monoisotopic (exact) mass is 527 g/mol. The molecule has 1 aromatic heterocycles. The van der Waals surface area contributed by atoms with E-state index in [1.54, 1.807) is 69.3 Å². The largest absolute Gasteiger partial charge is 0.506 e. The summed E-state index contributed by atoms with van der Waals surface area (Å²) in [5.74, 6) is 1.40. The van der Waals surface area contributed by atoms with Crippen LogP contribution in [0.3, 0.4) is 0 Å². The Morgan fingerprint density at radius 3 is 2.21 bits per heavy atom. The van der Waals surface area contributed by atoms with Crippen LogP contribution in [0.4, 0.5) is 20.2 Å². The highest BCUT2D eigenvalue weighted by Crippen LogP contribution is 2.35. The maximum Gasteiger partial charge on any atom is 0.272 e. The highest BCUT2D eigenvalue weighted by Gasteiger charge is 2.30. The van der Waals surface area contributed by atoms with Crippen LogP contribution in [0.25, 0.3) is 5.69 Å². The Morgan fingerprint density at radius 2 is 1.54 bits per heavy atom. The van der Waals surface area contributed by atoms with Gasteiger partial charge in [-0.2, -0.15) is 0 Å². The zero-order chi connectivity index (χ0) is 28.3. The van der Waals surface area contributed by atoms with Gasteiger partial charge in [-0.25, -0.2) is 8.78 Å². The number of rotatable bonds is 6. The molecule has 39 heavy (non-hydrogen) atoms. The van der Waals surface area contributed by atoms with Crippen molar-refractivity contribution in [3.8, 4) is 23.3 Å². The lowest BCUT2D eigenvalue weighted by atomic mass is 10.1. The molecule has 0 saturated carbocycles. The Balaban J connectivity index is 1.66. The predicted octanol–water partition coefficient (Wildman–Crippen LogP) is 6.79. The number of phenolic OH excluding ortho intramolecular Hbond substituents is 1. The third kappa shape index (κ3) is 5.68. The summed E-state index contributed by atoms with van der Waals surface area (Å²) in [5, 5.41) is 16.1. The number of anilines is 2. The molecule has 0 radical (unpaired) electrons. The van der Waals surface area contributed by atoms with Gasteiger partial charge in [0.15, 0.2) is 0 Å². The predicted molar refractivity (Wildman–Crippen MR) is 148 cm³/mol. The average Bonchev–Trinajstić information content (AvgIpc) is 3.22. The van der Waals surface area contributed by atoms with E-state index in [0.29, 0.717) is 28.2 Å². The molecule has 6 nitrogen and oxygen atoms in total. The van der Waals surface area contributed by atoms with Gasteiger partial charge in [0.25, 0.3) is 17.7 Å². The molecule has 0 aliphatic carbocycles. The van der Waals surface area contributed by atoms with Crippen LogP contribution in [0.5, 0.6) is 5.75 Å². The number of para-hydroxylation sites is 1. The number of aryl methyl sites for hydroxylation is 1. The number of aromatic hydroxyl groups is 1. The molecule has 3 aromatic carbocycles. The Hall–Kier alpha value is -4.90. The quantitative estimate of drug-likeness (QED) is 0.191. The zero-order valence-corrected chi connectivity index (χ0v) is 21.9. The van der Waals surface area contributed by atoms with Crippen molar-refractivity contribution in [1.29, 1.82) is 0 Å². The number of hydrogen-bond donors (Lipinski definition) is 3. The van der Waals surface area contributed by atoms with Crippen molar-refractivity contribution in [2.45, 2.75) is 33.6 Å². The normalized spacial score (nSPS) is 10.9. The number of halogens is 2. The number of benzene rings is 3. The minimum Gasteiger partial charge on any atom is -0.506 e. The molecule has 2 amide bonds. The van der Waals surface area contributed by atoms with Crippen molar-refractivity contribution >= 4 is 23.2 Å². The summed E-state index contributed by atoms with van der Waals surface area (Å²) in [6, 6.07) is 19.1. The van der Waals surface area contributed by atoms with E-state index in [0.717, 1.165) is 6.92 Å². The van der Waals surface area contributed by atoms with E-state index in [4.69, 9.17) is 0 Å². The minimum absolute atomic E-state index is 0.131. The van der Waals surface area contributed by atoms with Crippen LogP contribution in [0.1, 0.15) is 57.1 Å². The number of nitrogens with one attached hydrogen (secondary N) is 2. The summed E-state index contributed by atoms with van der Waals surface area (Å²) in [6.07, 6.45) is 0. The first-order valence-corrected chi connectivity index (χ1v) is 12.2. The van der Waals surface area contributed by atoms with Crippen LogP contribution in [0.15, 0.2) is 72.8 Å². The van der Waals surface area contributed by atoms with Crippen LogP contribution in [0.2, 0.25) is 0 Å². The Bertz CT molecular complexity index is 1620. The van der Waals surface area contributed by atoms with E-state index >= 15 is 0 Å². The van der Waals surface area contributed by atoms with Gasteiger partial charge in [0.1, 0.15) is 5.75 Å². The summed E-state index contributed by atoms with van der Waals surface area (Å²) in [6.45, 7) is 5.81. The number of aromatic nitrogens is 1. The van der Waals surface area contributed by atoms with E-state index < -0.39 is 11.8 Å². The molecule has 0 bridgehead atoms. The fraction of sp³-hybridized carbons (Fsp3) is 0.161. The molecule has 0 fully saturated rings. The summed E-state index contributed by atoms with van der Waals surface area (Å²) in [4.78, 5) is 25.9. The van der Waals surface area contributed by atoms with Crippen LogP contribution < -0.4 is 10.6 Å². The van der Waals surface area contributed by atoms with E-state index in [-0.39, 0.29) is 34.2 Å². The van der Waals surface area contributed by atoms with Gasteiger partial charge in [0.05, 0.1) is 22.6 Å². The van der Waals surface area contributed by atoms with Gasteiger partial charge in [-0.3, -0.25) is 9.59 Å². The maximum absolute atomic E-state index is 14.4. The standard InChI is InChI=1S/C31H27F2N3O3/c1-5-11-22-17-23(20(3)36(22)27-15-10-9-14-24(27)31(4,32)33)30(39)35-26-16-19(2)25(18-28(26)37)34-29(38)21-12-7-6-8-13-21/h6-10,12-18,37H,1-4H3,(H,34,38)(H,35,39). The highest BCUT2D eigenvalue weighted by atomic mass is 19.3. The number of nitrogens with zero attached hydrogens (tertiary/aromatic N) is 1. The first-order chi connectivity index (χ1) is 18.5. The molecule has 0 aliphatic heterocycles. The number of carbonyl (C=O) groups is 2. The Morgan fingerprint density at radius 1 is 0.897 bits per heavy atom. The van der Waals surface area contributed by atoms with Gasteiger partial charge in [0, 0.05) is 35.5 Å². The fourth-order valence-corrected chi connectivity index (χ4v) is 4.31. The topological polar surface area (TPSA) is 83.4 Å². The summed E-state index contributed by atoms with van der Waals surface area (Å²) in [5.41, 5.74) is 2.60. The average molecular weight is 528 g/mol. The lowest BCUT2D eigenvalue weighted by Crippen LogP contribution is -2.16. The molecular weight excluding hydrogens is 500 g/mol. The molecule has 1 heterocycles. The number of phenols is 1. The van der Waals surface area contributed by atoms with Crippen LogP contribution >= 0.6 is 0 Å². The van der Waals surface area contributed by atoms with Gasteiger partial charge >= 0.3 is 0 Å². The van der Waals surface area contributed by atoms with Gasteiger partial charge in [-0.15, -0.1) is 0 Å². The molecule has 0 saturated heterocycles. The van der Waals surface area contributed by atoms with Gasteiger partial charge in [-0.05, 0) is 62.6 Å². The smallest absolute Gasteiger partial charge is 0.272 e. The van der Waals surface area contributed by atoms with Crippen molar-refractivity contribution in [2.75, 3.05) is 10.6 Å². The van der Waals surface area contributed by atoms with Crippen molar-refractivity contribution < 1.29 is 23.5 Å². The number of amides is 2. The lowest BCUT2D eigenvalue weighted by Gasteiger charge is -2.19. The van der Waals surface area contributed by atoms with Gasteiger partial charge in [-0.1, -0.05) is 42.3 Å². The molecule has 0 spiro atoms. The summed E-state index contributed by atoms with van der Waals surface area (Å²) >= 11 is 0. The number of carbonyl (C=O) groups excluding carboxylic acids is 2. The van der Waals surface area contributed by atoms with E-state index in [1.807, 2.05) is 0 Å². The Labute approximate surface area is 225 Å². The number of alkyl halides is 2. The van der Waals surface area contributed by atoms with Crippen LogP contribution in [-0.2, 0) is 5.92 Å². The first kappa shape index (κ1) is 27.1. The molecule has 0 aliphatic rings. The summed E-state index contributed by atoms with van der Waals surface area (Å²) in [7, 11) is 0. The lowest BCUT2D eigenvalue weighted by molar-refractivity contribution is 0.0174. The Kier molecular flexibility index (Phi) is 7.54. The molecule has 0 unspecified atom stereocenters. The van der Waals surface area contributed by atoms with Gasteiger partial charge in [0.2, 0.25) is 0 Å². The van der Waals surface area contributed by atoms with Crippen molar-refractivity contribution in [3.05, 3.63) is 106 Å². The van der Waals surface area contributed by atoms with Crippen LogP contribution in [-0.4, -0.2) is 21.5 Å². The molecule has 8 heteroatoms. The first-order valence-electron chi connectivity index (χ1n) is 12.2. The number of hydrogen-bond acceptors (Lipinski definition) is 3. The van der Waals surface area contributed by atoms with Crippen molar-refractivity contribution in [3.63, 3.8) is 0 Å². The van der Waals surface area contributed by atoms with E-state index in [1.165, 1.54) is 28.8 Å². The molecule has 198 valence electrons. The molecule has 4 rings (SSSR count). The highest BCUT2D eigenvalue weighted by molar-refractivity contribution is 6.07. The fourth-order valence-electron chi connectivity index (χ4n) is 4.31. The van der Waals surface area contributed by atoms with Crippen molar-refractivity contribution in [1.82, 2.24) is 4.57 Å². The maximum atomic E-state index is 14.4. The molecule has 0 atom stereocenters. The second-order valence-electron chi connectivity index (χ2n) is 9.10. The third-order valence-electron chi connectivity index (χ3n) is 6.24. The molecule has 3 N–H and O–H groups in total. The SMILES string of the molecule is CC#Cc1cc(C(=O)Nc2cc(C)c(NC(=O)c3ccccc3)cc2O)c(C)n1-c1ccccc1C(C)(F)F.